The molecule has 0 aliphatic heterocycles. The molecule has 0 saturated carbocycles. The summed E-state index contributed by atoms with van der Waals surface area (Å²) in [5.41, 5.74) is 1.13. The van der Waals surface area contributed by atoms with Crippen molar-refractivity contribution in [1.82, 2.24) is 4.74 Å². The number of hydrogen-bond donors (Lipinski definition) is 0. The van der Waals surface area contributed by atoms with Crippen LogP contribution >= 0.6 is 31.9 Å². The number of aromatic nitrogens is 1. The Morgan fingerprint density at radius 1 is 1.43 bits per heavy atom. The van der Waals surface area contributed by atoms with Gasteiger partial charge in [0.2, 0.25) is 0 Å². The summed E-state index contributed by atoms with van der Waals surface area (Å²) in [7, 11) is 0. The van der Waals surface area contributed by atoms with Crippen molar-refractivity contribution in [3.05, 3.63) is 21.7 Å². The fraction of sp³-hybridized carbons (Fsp3) is 0.667. The summed E-state index contributed by atoms with van der Waals surface area (Å²) in [6.07, 6.45) is 2.99. The van der Waals surface area contributed by atoms with Crippen LogP contribution in [0.25, 0.3) is 0 Å². The van der Waals surface area contributed by atoms with Crippen LogP contribution in [0.15, 0.2) is 9.32 Å². The Balaban J connectivity index is 2.97. The van der Waals surface area contributed by atoms with Crippen molar-refractivity contribution in [3.8, 4) is 0 Å². The highest BCUT2D eigenvalue weighted by atomic mass is 79.9. The van der Waals surface area contributed by atoms with E-state index in [0.29, 0.717) is 10.8 Å². The topological polar surface area (TPSA) is 35.1 Å². The van der Waals surface area contributed by atoms with Crippen molar-refractivity contribution < 1.29 is 4.52 Å². The first-order valence-corrected chi connectivity index (χ1v) is 6.82. The Labute approximate surface area is 99.7 Å². The average Bonchev–Trinajstić information content (AvgIpc) is 2.51. The Morgan fingerprint density at radius 3 is 2.64 bits per heavy atom. The maximum absolute atomic E-state index is 11.6. The monoisotopic (exact) mass is 325 g/mol. The van der Waals surface area contributed by atoms with Gasteiger partial charge >= 0.3 is 0 Å². The minimum atomic E-state index is -0.0372. The van der Waals surface area contributed by atoms with Gasteiger partial charge in [0.25, 0.3) is 5.56 Å². The zero-order chi connectivity index (χ0) is 10.6. The minimum Gasteiger partial charge on any atom is -0.380 e. The summed E-state index contributed by atoms with van der Waals surface area (Å²) in [4.78, 5) is 11.6. The zero-order valence-electron chi connectivity index (χ0n) is 8.06. The van der Waals surface area contributed by atoms with Crippen molar-refractivity contribution in [2.24, 2.45) is 0 Å². The number of aryl methyl sites for hydroxylation is 1. The third-order valence-corrected chi connectivity index (χ3v) is 3.06. The lowest BCUT2D eigenvalue weighted by molar-refractivity contribution is 0.271. The molecule has 5 heteroatoms. The largest absolute Gasteiger partial charge is 0.380 e. The van der Waals surface area contributed by atoms with E-state index in [1.54, 1.807) is 0 Å². The smallest absolute Gasteiger partial charge is 0.287 e. The van der Waals surface area contributed by atoms with E-state index in [9.17, 15) is 4.79 Å². The van der Waals surface area contributed by atoms with Gasteiger partial charge in [-0.1, -0.05) is 45.2 Å². The molecule has 0 saturated heterocycles. The van der Waals surface area contributed by atoms with E-state index in [0.717, 1.165) is 30.6 Å². The average molecular weight is 327 g/mol. The molecule has 1 heterocycles. The fourth-order valence-corrected chi connectivity index (χ4v) is 2.13. The Kier molecular flexibility index (Phi) is 4.95. The maximum atomic E-state index is 11.6. The van der Waals surface area contributed by atoms with Crippen LogP contribution in [0.1, 0.15) is 31.1 Å². The lowest BCUT2D eigenvalue weighted by Gasteiger charge is -1.95. The van der Waals surface area contributed by atoms with Crippen molar-refractivity contribution in [3.63, 3.8) is 0 Å². The molecule has 0 atom stereocenters. The Bertz CT molecular complexity index is 343. The van der Waals surface area contributed by atoms with E-state index in [-0.39, 0.29) is 5.56 Å². The van der Waals surface area contributed by atoms with Gasteiger partial charge in [0.05, 0.1) is 5.56 Å². The Morgan fingerprint density at radius 2 is 2.14 bits per heavy atom. The molecule has 80 valence electrons. The summed E-state index contributed by atoms with van der Waals surface area (Å²) in [6.45, 7) is 2.12. The van der Waals surface area contributed by atoms with Crippen molar-refractivity contribution in [2.75, 3.05) is 0 Å². The number of nitrogens with zero attached hydrogens (tertiary/aromatic N) is 1. The zero-order valence-corrected chi connectivity index (χ0v) is 11.2. The van der Waals surface area contributed by atoms with Crippen LogP contribution in [0, 0.1) is 0 Å². The molecule has 0 fully saturated rings. The van der Waals surface area contributed by atoms with E-state index in [1.807, 2.05) is 0 Å². The molecule has 0 N–H and O–H groups in total. The first kappa shape index (κ1) is 12.0. The second kappa shape index (κ2) is 5.75. The van der Waals surface area contributed by atoms with Crippen molar-refractivity contribution >= 4 is 31.9 Å². The van der Waals surface area contributed by atoms with Crippen molar-refractivity contribution in [2.45, 2.75) is 37.0 Å². The molecule has 0 aliphatic rings. The van der Waals surface area contributed by atoms with E-state index in [2.05, 4.69) is 38.8 Å². The van der Waals surface area contributed by atoms with Gasteiger partial charge in [0.15, 0.2) is 0 Å². The molecular formula is C9H13Br2NO2. The van der Waals surface area contributed by atoms with Gasteiger partial charge in [-0.25, -0.2) is 0 Å². The van der Waals surface area contributed by atoms with Gasteiger partial charge in [-0.3, -0.25) is 4.79 Å². The minimum absolute atomic E-state index is 0.0372. The van der Waals surface area contributed by atoms with Crippen LogP contribution in [-0.2, 0) is 17.2 Å². The number of unbranched alkanes of at least 4 members (excludes halogenated alkanes) is 1. The lowest BCUT2D eigenvalue weighted by Crippen LogP contribution is -2.14. The van der Waals surface area contributed by atoms with Crippen LogP contribution in [0.5, 0.6) is 0 Å². The molecule has 0 aliphatic carbocycles. The highest BCUT2D eigenvalue weighted by Crippen LogP contribution is 2.13. The summed E-state index contributed by atoms with van der Waals surface area (Å²) in [5.74, 6) is 0.813. The first-order valence-electron chi connectivity index (χ1n) is 4.58. The standard InChI is InChI=1S/C9H13Br2NO2/c1-2-3-4-8-7(5-10)9(13)12(6-11)14-8/h2-6H2,1H3. The molecule has 1 aromatic heterocycles. The summed E-state index contributed by atoms with van der Waals surface area (Å²) < 4.78 is 6.75. The molecule has 1 rings (SSSR count). The van der Waals surface area contributed by atoms with Gasteiger partial charge in [-0.15, -0.1) is 0 Å². The summed E-state index contributed by atoms with van der Waals surface area (Å²) in [5, 5.41) is 0.564. The number of halogens is 2. The number of hydrogen-bond acceptors (Lipinski definition) is 2. The second-order valence-corrected chi connectivity index (χ2v) is 4.10. The number of rotatable bonds is 5. The summed E-state index contributed by atoms with van der Waals surface area (Å²) >= 11 is 6.51. The molecule has 3 nitrogen and oxygen atoms in total. The molecule has 0 radical (unpaired) electrons. The van der Waals surface area contributed by atoms with Gasteiger partial charge in [0.1, 0.15) is 11.2 Å². The Hall–Kier alpha value is -0.0300. The SMILES string of the molecule is CCCCc1on(CBr)c(=O)c1CBr. The maximum Gasteiger partial charge on any atom is 0.287 e. The van der Waals surface area contributed by atoms with Gasteiger partial charge in [-0.05, 0) is 6.42 Å². The van der Waals surface area contributed by atoms with E-state index >= 15 is 0 Å². The van der Waals surface area contributed by atoms with Crippen molar-refractivity contribution in [1.29, 1.82) is 0 Å². The fourth-order valence-electron chi connectivity index (χ4n) is 1.24. The van der Waals surface area contributed by atoms with Crippen LogP contribution in [0.4, 0.5) is 0 Å². The second-order valence-electron chi connectivity index (χ2n) is 3.03. The summed E-state index contributed by atoms with van der Waals surface area (Å²) in [6, 6.07) is 0. The molecular weight excluding hydrogens is 314 g/mol. The molecule has 1 aromatic rings. The predicted octanol–water partition coefficient (Wildman–Crippen LogP) is 3.03. The molecule has 0 bridgehead atoms. The third kappa shape index (κ3) is 2.51. The van der Waals surface area contributed by atoms with Crippen LogP contribution < -0.4 is 5.56 Å². The van der Waals surface area contributed by atoms with Gasteiger partial charge in [0, 0.05) is 11.8 Å². The lowest BCUT2D eigenvalue weighted by atomic mass is 10.1. The van der Waals surface area contributed by atoms with Crippen LogP contribution in [0.2, 0.25) is 0 Å². The molecule has 14 heavy (non-hydrogen) atoms. The molecule has 0 amide bonds. The van der Waals surface area contributed by atoms with E-state index in [4.69, 9.17) is 4.52 Å². The normalized spacial score (nSPS) is 10.8. The van der Waals surface area contributed by atoms with E-state index < -0.39 is 0 Å². The molecule has 0 spiro atoms. The first-order chi connectivity index (χ1) is 6.74. The predicted molar refractivity (Wildman–Crippen MR) is 63.1 cm³/mol. The molecule has 0 unspecified atom stereocenters. The van der Waals surface area contributed by atoms with Crippen LogP contribution in [0.3, 0.4) is 0 Å². The van der Waals surface area contributed by atoms with Crippen LogP contribution in [-0.4, -0.2) is 4.74 Å². The number of alkyl halides is 2. The van der Waals surface area contributed by atoms with E-state index in [1.165, 1.54) is 4.74 Å². The van der Waals surface area contributed by atoms with Gasteiger partial charge in [-0.2, -0.15) is 4.74 Å². The molecule has 0 aromatic carbocycles. The highest BCUT2D eigenvalue weighted by molar-refractivity contribution is 9.08. The van der Waals surface area contributed by atoms with Gasteiger partial charge < -0.3 is 4.52 Å². The quantitative estimate of drug-likeness (QED) is 0.780. The third-order valence-electron chi connectivity index (χ3n) is 2.04. The highest BCUT2D eigenvalue weighted by Gasteiger charge is 2.14.